The summed E-state index contributed by atoms with van der Waals surface area (Å²) < 4.78 is 0.862. The molecule has 2 nitrogen and oxygen atoms in total. The summed E-state index contributed by atoms with van der Waals surface area (Å²) in [6.45, 7) is 2.28. The van der Waals surface area contributed by atoms with Crippen molar-refractivity contribution < 1.29 is 0 Å². The minimum absolute atomic E-state index is 0.536. The number of anilines is 1. The summed E-state index contributed by atoms with van der Waals surface area (Å²) in [5, 5.41) is 13.1. The molecule has 1 N–H and O–H groups in total. The molecule has 2 rings (SSSR count). The van der Waals surface area contributed by atoms with Crippen LogP contribution in [0.1, 0.15) is 25.3 Å². The van der Waals surface area contributed by atoms with E-state index in [9.17, 15) is 0 Å². The highest BCUT2D eigenvalue weighted by atomic mass is 79.9. The molecule has 0 spiro atoms. The molecule has 1 aliphatic rings. The number of nitriles is 1. The first-order valence-electron chi connectivity index (χ1n) is 5.78. The fourth-order valence-electron chi connectivity index (χ4n) is 2.02. The Bertz CT molecular complexity index is 442. The molecule has 0 saturated carbocycles. The van der Waals surface area contributed by atoms with Gasteiger partial charge in [-0.25, -0.2) is 0 Å². The van der Waals surface area contributed by atoms with E-state index in [0.717, 1.165) is 10.2 Å². The van der Waals surface area contributed by atoms with Gasteiger partial charge in [-0.2, -0.15) is 17.0 Å². The molecule has 1 aliphatic heterocycles. The molecule has 1 aromatic rings. The third kappa shape index (κ3) is 3.17. The van der Waals surface area contributed by atoms with E-state index in [-0.39, 0.29) is 0 Å². The van der Waals surface area contributed by atoms with Crippen LogP contribution in [0.15, 0.2) is 22.7 Å². The van der Waals surface area contributed by atoms with Crippen molar-refractivity contribution in [3.8, 4) is 6.07 Å². The van der Waals surface area contributed by atoms with Gasteiger partial charge < -0.3 is 5.32 Å². The lowest BCUT2D eigenvalue weighted by molar-refractivity contribution is 0.617. The lowest BCUT2D eigenvalue weighted by Gasteiger charge is -2.30. The fourth-order valence-corrected chi connectivity index (χ4v) is 3.63. The van der Waals surface area contributed by atoms with E-state index < -0.39 is 0 Å². The van der Waals surface area contributed by atoms with E-state index >= 15 is 0 Å². The maximum Gasteiger partial charge on any atom is 0.100 e. The largest absolute Gasteiger partial charge is 0.381 e. The maximum absolute atomic E-state index is 8.87. The third-order valence-corrected chi connectivity index (χ3v) is 5.08. The van der Waals surface area contributed by atoms with Gasteiger partial charge in [0.2, 0.25) is 0 Å². The SMILES string of the molecule is CC1SCCCC1Nc1ccc(C#N)c(Br)c1. The van der Waals surface area contributed by atoms with E-state index in [1.165, 1.54) is 18.6 Å². The first-order valence-corrected chi connectivity index (χ1v) is 7.62. The maximum atomic E-state index is 8.87. The van der Waals surface area contributed by atoms with Gasteiger partial charge in [-0.05, 0) is 52.7 Å². The van der Waals surface area contributed by atoms with Gasteiger partial charge in [0.25, 0.3) is 0 Å². The Morgan fingerprint density at radius 3 is 3.00 bits per heavy atom. The molecule has 17 heavy (non-hydrogen) atoms. The Labute approximate surface area is 115 Å². The summed E-state index contributed by atoms with van der Waals surface area (Å²) in [4.78, 5) is 0. The van der Waals surface area contributed by atoms with E-state index in [1.54, 1.807) is 0 Å². The van der Waals surface area contributed by atoms with Crippen LogP contribution in [0.4, 0.5) is 5.69 Å². The van der Waals surface area contributed by atoms with Gasteiger partial charge in [0, 0.05) is 21.5 Å². The van der Waals surface area contributed by atoms with Crippen LogP contribution in [-0.4, -0.2) is 17.0 Å². The second kappa shape index (κ2) is 5.79. The van der Waals surface area contributed by atoms with Crippen LogP contribution in [0.5, 0.6) is 0 Å². The number of hydrogen-bond donors (Lipinski definition) is 1. The molecule has 90 valence electrons. The Hall–Kier alpha value is -0.660. The molecule has 2 atom stereocenters. The first-order chi connectivity index (χ1) is 8.20. The van der Waals surface area contributed by atoms with Crippen molar-refractivity contribution in [1.29, 1.82) is 5.26 Å². The molecule has 0 aliphatic carbocycles. The highest BCUT2D eigenvalue weighted by Crippen LogP contribution is 2.29. The number of benzene rings is 1. The smallest absolute Gasteiger partial charge is 0.100 e. The topological polar surface area (TPSA) is 35.8 Å². The number of hydrogen-bond acceptors (Lipinski definition) is 3. The normalized spacial score (nSPS) is 24.1. The summed E-state index contributed by atoms with van der Waals surface area (Å²) in [6.07, 6.45) is 2.51. The average Bonchev–Trinajstić information content (AvgIpc) is 2.32. The van der Waals surface area contributed by atoms with Crippen molar-refractivity contribution in [2.24, 2.45) is 0 Å². The predicted octanol–water partition coefficient (Wildman–Crippen LogP) is 4.02. The van der Waals surface area contributed by atoms with Crippen molar-refractivity contribution in [3.63, 3.8) is 0 Å². The molecule has 1 saturated heterocycles. The second-order valence-electron chi connectivity index (χ2n) is 4.28. The molecule has 0 aromatic heterocycles. The number of nitrogens with one attached hydrogen (secondary N) is 1. The average molecular weight is 311 g/mol. The third-order valence-electron chi connectivity index (χ3n) is 3.05. The van der Waals surface area contributed by atoms with E-state index in [0.29, 0.717) is 16.9 Å². The van der Waals surface area contributed by atoms with Crippen molar-refractivity contribution >= 4 is 33.4 Å². The first kappa shape index (κ1) is 12.8. The van der Waals surface area contributed by atoms with Gasteiger partial charge in [-0.15, -0.1) is 0 Å². The van der Waals surface area contributed by atoms with Crippen LogP contribution < -0.4 is 5.32 Å². The van der Waals surface area contributed by atoms with Crippen LogP contribution in [0.3, 0.4) is 0 Å². The van der Waals surface area contributed by atoms with Gasteiger partial charge in [-0.3, -0.25) is 0 Å². The highest BCUT2D eigenvalue weighted by Gasteiger charge is 2.21. The molecule has 1 heterocycles. The lowest BCUT2D eigenvalue weighted by Crippen LogP contribution is -2.32. The molecule has 0 amide bonds. The Balaban J connectivity index is 2.08. The number of halogens is 1. The Morgan fingerprint density at radius 2 is 2.35 bits per heavy atom. The van der Waals surface area contributed by atoms with Gasteiger partial charge in [0.15, 0.2) is 0 Å². The zero-order chi connectivity index (χ0) is 12.3. The second-order valence-corrected chi connectivity index (χ2v) is 6.61. The molecular formula is C13H15BrN2S. The molecule has 2 unspecified atom stereocenters. The fraction of sp³-hybridized carbons (Fsp3) is 0.462. The van der Waals surface area contributed by atoms with Gasteiger partial charge >= 0.3 is 0 Å². The molecule has 0 radical (unpaired) electrons. The number of nitrogens with zero attached hydrogens (tertiary/aromatic N) is 1. The molecular weight excluding hydrogens is 296 g/mol. The summed E-state index contributed by atoms with van der Waals surface area (Å²) in [7, 11) is 0. The monoisotopic (exact) mass is 310 g/mol. The zero-order valence-electron chi connectivity index (χ0n) is 9.74. The Morgan fingerprint density at radius 1 is 1.53 bits per heavy atom. The van der Waals surface area contributed by atoms with E-state index in [2.05, 4.69) is 34.2 Å². The van der Waals surface area contributed by atoms with E-state index in [4.69, 9.17) is 5.26 Å². The number of thioether (sulfide) groups is 1. The predicted molar refractivity (Wildman–Crippen MR) is 77.4 cm³/mol. The van der Waals surface area contributed by atoms with Crippen LogP contribution in [-0.2, 0) is 0 Å². The van der Waals surface area contributed by atoms with Crippen LogP contribution in [0, 0.1) is 11.3 Å². The van der Waals surface area contributed by atoms with Crippen molar-refractivity contribution in [2.45, 2.75) is 31.1 Å². The summed E-state index contributed by atoms with van der Waals surface area (Å²) >= 11 is 5.45. The zero-order valence-corrected chi connectivity index (χ0v) is 12.1. The quantitative estimate of drug-likeness (QED) is 0.896. The molecule has 0 bridgehead atoms. The van der Waals surface area contributed by atoms with Crippen molar-refractivity contribution in [3.05, 3.63) is 28.2 Å². The summed E-state index contributed by atoms with van der Waals surface area (Å²) in [5.74, 6) is 1.27. The highest BCUT2D eigenvalue weighted by molar-refractivity contribution is 9.10. The van der Waals surface area contributed by atoms with Crippen LogP contribution in [0.2, 0.25) is 0 Å². The Kier molecular flexibility index (Phi) is 4.36. The van der Waals surface area contributed by atoms with E-state index in [1.807, 2.05) is 30.0 Å². The van der Waals surface area contributed by atoms with Gasteiger partial charge in [0.1, 0.15) is 6.07 Å². The minimum atomic E-state index is 0.536. The molecule has 1 aromatic carbocycles. The van der Waals surface area contributed by atoms with Crippen LogP contribution in [0.25, 0.3) is 0 Å². The summed E-state index contributed by atoms with van der Waals surface area (Å²) in [5.41, 5.74) is 1.77. The van der Waals surface area contributed by atoms with Gasteiger partial charge in [-0.1, -0.05) is 6.92 Å². The lowest BCUT2D eigenvalue weighted by atomic mass is 10.1. The number of rotatable bonds is 2. The standard InChI is InChI=1S/C13H15BrN2S/c1-9-13(3-2-6-17-9)16-11-5-4-10(8-15)12(14)7-11/h4-5,7,9,13,16H,2-3,6H2,1H3. The minimum Gasteiger partial charge on any atom is -0.381 e. The summed E-state index contributed by atoms with van der Waals surface area (Å²) in [6, 6.07) is 8.52. The molecule has 1 fully saturated rings. The molecule has 4 heteroatoms. The van der Waals surface area contributed by atoms with Crippen molar-refractivity contribution in [1.82, 2.24) is 0 Å². The van der Waals surface area contributed by atoms with Crippen LogP contribution >= 0.6 is 27.7 Å². The van der Waals surface area contributed by atoms with Gasteiger partial charge in [0.05, 0.1) is 5.56 Å². The van der Waals surface area contributed by atoms with Crippen molar-refractivity contribution in [2.75, 3.05) is 11.1 Å².